The fourth-order valence-electron chi connectivity index (χ4n) is 4.38. The second-order valence-electron chi connectivity index (χ2n) is 8.31. The van der Waals surface area contributed by atoms with Gasteiger partial charge in [0.05, 0.1) is 5.54 Å². The maximum absolute atomic E-state index is 11.4. The molecular formula is C23H26N2O3S. The van der Waals surface area contributed by atoms with E-state index in [0.717, 1.165) is 34.9 Å². The van der Waals surface area contributed by atoms with Crippen LogP contribution in [0.1, 0.15) is 50.8 Å². The maximum Gasteiger partial charge on any atom is 0.308 e. The summed E-state index contributed by atoms with van der Waals surface area (Å²) >= 11 is 1.63. The normalized spacial score (nSPS) is 24.7. The zero-order valence-electron chi connectivity index (χ0n) is 17.2. The zero-order chi connectivity index (χ0) is 20.6. The number of amidine groups is 1. The highest BCUT2D eigenvalue weighted by Gasteiger charge is 2.48. The summed E-state index contributed by atoms with van der Waals surface area (Å²) in [5.74, 6) is 0.869. The monoisotopic (exact) mass is 410 g/mol. The Kier molecular flexibility index (Phi) is 5.07. The van der Waals surface area contributed by atoms with E-state index in [1.165, 1.54) is 6.92 Å². The molecule has 0 radical (unpaired) electrons. The summed E-state index contributed by atoms with van der Waals surface area (Å²) < 4.78 is 11.7. The lowest BCUT2D eigenvalue weighted by Gasteiger charge is -2.47. The summed E-state index contributed by atoms with van der Waals surface area (Å²) in [4.78, 5) is 16.6. The molecule has 0 amide bonds. The quantitative estimate of drug-likeness (QED) is 0.568. The molecule has 2 heterocycles. The van der Waals surface area contributed by atoms with Gasteiger partial charge in [0.25, 0.3) is 0 Å². The number of hydrogen-bond donors (Lipinski definition) is 1. The van der Waals surface area contributed by atoms with Crippen LogP contribution in [0.3, 0.4) is 0 Å². The molecule has 152 valence electrons. The Balaban J connectivity index is 1.85. The van der Waals surface area contributed by atoms with Crippen molar-refractivity contribution in [2.24, 2.45) is 4.99 Å². The van der Waals surface area contributed by atoms with Crippen molar-refractivity contribution in [1.29, 1.82) is 0 Å². The molecule has 1 spiro atoms. The van der Waals surface area contributed by atoms with Crippen LogP contribution in [0.25, 0.3) is 0 Å². The van der Waals surface area contributed by atoms with E-state index in [9.17, 15) is 4.79 Å². The predicted molar refractivity (Wildman–Crippen MR) is 117 cm³/mol. The van der Waals surface area contributed by atoms with Crippen molar-refractivity contribution in [3.05, 3.63) is 59.7 Å². The zero-order valence-corrected chi connectivity index (χ0v) is 18.0. The smallest absolute Gasteiger partial charge is 0.308 e. The number of carbonyl (C=O) groups excluding carboxylic acids is 1. The molecule has 2 aliphatic rings. The van der Waals surface area contributed by atoms with Crippen LogP contribution in [0.4, 0.5) is 0 Å². The van der Waals surface area contributed by atoms with Gasteiger partial charge >= 0.3 is 5.97 Å². The van der Waals surface area contributed by atoms with E-state index in [2.05, 4.69) is 31.3 Å². The average molecular weight is 411 g/mol. The van der Waals surface area contributed by atoms with Gasteiger partial charge in [0, 0.05) is 30.5 Å². The average Bonchev–Trinajstić information content (AvgIpc) is 2.66. The first-order valence-electron chi connectivity index (χ1n) is 9.77. The highest BCUT2D eigenvalue weighted by Crippen LogP contribution is 2.52. The van der Waals surface area contributed by atoms with E-state index in [1.54, 1.807) is 11.8 Å². The Labute approximate surface area is 175 Å². The molecule has 5 nitrogen and oxygen atoms in total. The van der Waals surface area contributed by atoms with E-state index in [-0.39, 0.29) is 17.6 Å². The number of nitrogens with one attached hydrogen (secondary N) is 1. The molecule has 0 saturated heterocycles. The lowest BCUT2D eigenvalue weighted by molar-refractivity contribution is -0.131. The van der Waals surface area contributed by atoms with Crippen molar-refractivity contribution in [3.63, 3.8) is 0 Å². The van der Waals surface area contributed by atoms with Crippen LogP contribution < -0.4 is 14.8 Å². The van der Waals surface area contributed by atoms with Crippen molar-refractivity contribution in [3.8, 4) is 11.5 Å². The summed E-state index contributed by atoms with van der Waals surface area (Å²) in [6.07, 6.45) is 3.51. The Morgan fingerprint density at radius 1 is 1.24 bits per heavy atom. The summed E-state index contributed by atoms with van der Waals surface area (Å²) in [5.41, 5.74) is 1.65. The van der Waals surface area contributed by atoms with Crippen molar-refractivity contribution < 1.29 is 14.3 Å². The van der Waals surface area contributed by atoms with Crippen LogP contribution in [-0.4, -0.2) is 22.9 Å². The third-order valence-electron chi connectivity index (χ3n) is 5.37. The number of benzene rings is 2. The number of hydrogen-bond acceptors (Lipinski definition) is 6. The predicted octanol–water partition coefficient (Wildman–Crippen LogP) is 4.82. The minimum absolute atomic E-state index is 0.107. The molecule has 2 aromatic carbocycles. The fourth-order valence-corrected chi connectivity index (χ4v) is 5.02. The first kappa shape index (κ1) is 19.8. The van der Waals surface area contributed by atoms with E-state index in [4.69, 9.17) is 14.5 Å². The van der Waals surface area contributed by atoms with Crippen molar-refractivity contribution in [1.82, 2.24) is 5.32 Å². The van der Waals surface area contributed by atoms with Gasteiger partial charge < -0.3 is 14.8 Å². The topological polar surface area (TPSA) is 59.9 Å². The number of carbonyl (C=O) groups is 1. The van der Waals surface area contributed by atoms with Crippen molar-refractivity contribution in [2.45, 2.75) is 50.8 Å². The van der Waals surface area contributed by atoms with Gasteiger partial charge in [-0.2, -0.15) is 0 Å². The number of esters is 1. The van der Waals surface area contributed by atoms with Gasteiger partial charge in [0.2, 0.25) is 0 Å². The van der Waals surface area contributed by atoms with Gasteiger partial charge in [0.1, 0.15) is 17.6 Å². The fraction of sp³-hybridized carbons (Fsp3) is 0.391. The van der Waals surface area contributed by atoms with E-state index in [1.807, 2.05) is 42.7 Å². The van der Waals surface area contributed by atoms with Crippen LogP contribution in [0.2, 0.25) is 0 Å². The Morgan fingerprint density at radius 3 is 2.69 bits per heavy atom. The molecule has 0 aromatic heterocycles. The standard InChI is InChI=1S/C23H26N2O3S/c1-15(26)27-17-10-11-18-19(12-17)28-20(16-8-6-5-7-9-16)13-23(18)14-22(2,3)24-21(25-23)29-4/h5-12,20H,13-14H2,1-4H3,(H,24,25)/t20-,23-/m1/s1. The van der Waals surface area contributed by atoms with Crippen LogP contribution in [0.15, 0.2) is 53.5 Å². The molecule has 2 aliphatic heterocycles. The molecule has 4 rings (SSSR count). The number of aliphatic imine (C=N–C) groups is 1. The molecule has 1 N–H and O–H groups in total. The van der Waals surface area contributed by atoms with E-state index in [0.29, 0.717) is 5.75 Å². The minimum Gasteiger partial charge on any atom is -0.485 e. The number of ether oxygens (including phenoxy) is 2. The van der Waals surface area contributed by atoms with Gasteiger partial charge in [-0.25, -0.2) is 0 Å². The highest BCUT2D eigenvalue weighted by atomic mass is 32.2. The molecule has 0 bridgehead atoms. The summed E-state index contributed by atoms with van der Waals surface area (Å²) in [7, 11) is 0. The molecule has 0 aliphatic carbocycles. The molecule has 0 unspecified atom stereocenters. The van der Waals surface area contributed by atoms with Gasteiger partial charge in [-0.05, 0) is 44.2 Å². The number of nitrogens with zero attached hydrogens (tertiary/aromatic N) is 1. The largest absolute Gasteiger partial charge is 0.485 e. The maximum atomic E-state index is 11.4. The second-order valence-corrected chi connectivity index (χ2v) is 9.11. The Bertz CT molecular complexity index is 958. The van der Waals surface area contributed by atoms with Gasteiger partial charge in [-0.15, -0.1) is 0 Å². The summed E-state index contributed by atoms with van der Waals surface area (Å²) in [6.45, 7) is 5.82. The van der Waals surface area contributed by atoms with E-state index < -0.39 is 5.54 Å². The summed E-state index contributed by atoms with van der Waals surface area (Å²) in [6, 6.07) is 15.9. The van der Waals surface area contributed by atoms with Gasteiger partial charge in [-0.1, -0.05) is 42.1 Å². The highest BCUT2D eigenvalue weighted by molar-refractivity contribution is 8.13. The molecule has 0 fully saturated rings. The molecule has 0 saturated carbocycles. The molecule has 2 atom stereocenters. The van der Waals surface area contributed by atoms with Crippen LogP contribution in [-0.2, 0) is 10.3 Å². The first-order chi connectivity index (χ1) is 13.8. The lowest BCUT2D eigenvalue weighted by atomic mass is 9.72. The van der Waals surface area contributed by atoms with Crippen LogP contribution in [0, 0.1) is 0 Å². The second kappa shape index (κ2) is 7.41. The third-order valence-corrected chi connectivity index (χ3v) is 5.95. The molecule has 6 heteroatoms. The molecule has 2 aromatic rings. The van der Waals surface area contributed by atoms with Gasteiger partial charge in [0.15, 0.2) is 5.17 Å². The Morgan fingerprint density at radius 2 is 2.00 bits per heavy atom. The third kappa shape index (κ3) is 3.99. The number of thioether (sulfide) groups is 1. The number of fused-ring (bicyclic) bond motifs is 2. The van der Waals surface area contributed by atoms with Gasteiger partial charge in [-0.3, -0.25) is 9.79 Å². The lowest BCUT2D eigenvalue weighted by Crippen LogP contribution is -2.53. The van der Waals surface area contributed by atoms with Crippen LogP contribution in [0.5, 0.6) is 11.5 Å². The van der Waals surface area contributed by atoms with Crippen molar-refractivity contribution >= 4 is 22.9 Å². The summed E-state index contributed by atoms with van der Waals surface area (Å²) in [5, 5.41) is 4.47. The minimum atomic E-state index is -0.407. The van der Waals surface area contributed by atoms with E-state index >= 15 is 0 Å². The van der Waals surface area contributed by atoms with Crippen LogP contribution >= 0.6 is 11.8 Å². The van der Waals surface area contributed by atoms with Crippen molar-refractivity contribution in [2.75, 3.05) is 6.26 Å². The first-order valence-corrected chi connectivity index (χ1v) is 11.0. The molecule has 29 heavy (non-hydrogen) atoms. The Hall–Kier alpha value is -2.47. The number of rotatable bonds is 2. The SMILES string of the molecule is CSC1=N[C@]2(C[C@H](c3ccccc3)Oc3cc(OC(C)=O)ccc32)CC(C)(C)N1. The molecular weight excluding hydrogens is 384 g/mol.